The first kappa shape index (κ1) is 32.1. The lowest BCUT2D eigenvalue weighted by atomic mass is 9.84. The summed E-state index contributed by atoms with van der Waals surface area (Å²) in [6.07, 6.45) is 3.46. The summed E-state index contributed by atoms with van der Waals surface area (Å²) in [4.78, 5) is 48.6. The number of carbonyl (C=O) groups excluding carboxylic acids is 2. The van der Waals surface area contributed by atoms with Crippen molar-refractivity contribution in [2.45, 2.75) is 91.0 Å². The van der Waals surface area contributed by atoms with Crippen molar-refractivity contribution in [3.8, 4) is 0 Å². The largest absolute Gasteiger partial charge is 0.444 e. The van der Waals surface area contributed by atoms with E-state index in [0.29, 0.717) is 61.6 Å². The van der Waals surface area contributed by atoms with Crippen molar-refractivity contribution in [2.75, 3.05) is 31.6 Å². The van der Waals surface area contributed by atoms with E-state index in [9.17, 15) is 14.4 Å². The number of hydrogen-bond acceptors (Lipinski definition) is 6. The van der Waals surface area contributed by atoms with E-state index >= 15 is 0 Å². The predicted molar refractivity (Wildman–Crippen MR) is 167 cm³/mol. The van der Waals surface area contributed by atoms with Crippen LogP contribution in [0.15, 0.2) is 35.3 Å². The van der Waals surface area contributed by atoms with Gasteiger partial charge in [-0.05, 0) is 90.6 Å². The third-order valence-corrected chi connectivity index (χ3v) is 8.32. The SMILES string of the molecule is CCC1(Nc2cc[nH]c(=O)c2C(N)=[NH+]c2ccc(C(=O)N3[C@H](C)COC[C@@H]3C)c(C)c2)CCN(C(=O)OC(C)(C)C)CC1. The number of amides is 2. The lowest BCUT2D eigenvalue weighted by Gasteiger charge is -2.42. The number of aromatic nitrogens is 1. The van der Waals surface area contributed by atoms with Crippen molar-refractivity contribution < 1.29 is 24.1 Å². The molecule has 0 saturated carbocycles. The van der Waals surface area contributed by atoms with Gasteiger partial charge < -0.3 is 29.6 Å². The smallest absolute Gasteiger partial charge is 0.410 e. The van der Waals surface area contributed by atoms with Gasteiger partial charge in [0.15, 0.2) is 5.56 Å². The minimum absolute atomic E-state index is 0.0101. The summed E-state index contributed by atoms with van der Waals surface area (Å²) in [7, 11) is 0. The van der Waals surface area contributed by atoms with Gasteiger partial charge in [0.1, 0.15) is 11.3 Å². The lowest BCUT2D eigenvalue weighted by Crippen LogP contribution is -2.70. The maximum absolute atomic E-state index is 13.4. The van der Waals surface area contributed by atoms with Gasteiger partial charge in [-0.1, -0.05) is 6.92 Å². The van der Waals surface area contributed by atoms with Crippen molar-refractivity contribution in [1.29, 1.82) is 0 Å². The van der Waals surface area contributed by atoms with Crippen LogP contribution in [0.4, 0.5) is 16.2 Å². The quantitative estimate of drug-likeness (QED) is 0.297. The van der Waals surface area contributed by atoms with Crippen LogP contribution >= 0.6 is 0 Å². The zero-order chi connectivity index (χ0) is 31.5. The van der Waals surface area contributed by atoms with Crippen LogP contribution in [0.2, 0.25) is 0 Å². The number of amidine groups is 1. The van der Waals surface area contributed by atoms with E-state index in [4.69, 9.17) is 15.2 Å². The molecule has 4 rings (SSSR count). The molecule has 2 atom stereocenters. The number of likely N-dealkylation sites (tertiary alicyclic amines) is 1. The van der Waals surface area contributed by atoms with Crippen LogP contribution in [0.1, 0.15) is 82.3 Å². The Balaban J connectivity index is 1.54. The third kappa shape index (κ3) is 7.38. The maximum Gasteiger partial charge on any atom is 0.410 e. The van der Waals surface area contributed by atoms with Crippen molar-refractivity contribution in [1.82, 2.24) is 14.8 Å². The number of morpholine rings is 1. The highest BCUT2D eigenvalue weighted by Crippen LogP contribution is 2.31. The number of hydrogen-bond donors (Lipinski definition) is 4. The van der Waals surface area contributed by atoms with Gasteiger partial charge in [-0.15, -0.1) is 0 Å². The van der Waals surface area contributed by atoms with Crippen molar-refractivity contribution >= 4 is 29.2 Å². The normalized spacial score (nSPS) is 21.0. The number of nitrogens with zero attached hydrogens (tertiary/aromatic N) is 2. The van der Waals surface area contributed by atoms with Crippen molar-refractivity contribution in [3.63, 3.8) is 0 Å². The second kappa shape index (κ2) is 12.8. The second-order valence-corrected chi connectivity index (χ2v) is 12.8. The molecule has 1 aromatic heterocycles. The van der Waals surface area contributed by atoms with Crippen LogP contribution in [0.25, 0.3) is 0 Å². The van der Waals surface area contributed by atoms with Gasteiger partial charge in [0, 0.05) is 30.4 Å². The Morgan fingerprint density at radius 3 is 2.40 bits per heavy atom. The molecule has 43 heavy (non-hydrogen) atoms. The molecule has 2 saturated heterocycles. The van der Waals surface area contributed by atoms with Gasteiger partial charge in [-0.25, -0.2) is 9.79 Å². The molecule has 2 aliphatic heterocycles. The summed E-state index contributed by atoms with van der Waals surface area (Å²) in [5.74, 6) is 0.161. The van der Waals surface area contributed by atoms with Crippen LogP contribution in [-0.2, 0) is 9.47 Å². The predicted octanol–water partition coefficient (Wildman–Crippen LogP) is 2.64. The number of aromatic amines is 1. The Kier molecular flexibility index (Phi) is 9.54. The number of aryl methyl sites for hydroxylation is 1. The minimum Gasteiger partial charge on any atom is -0.444 e. The number of benzene rings is 1. The standard InChI is InChI=1S/C32H46N6O5/c1-8-32(12-15-37(16-13-32)30(41)43-31(5,6)7)36-25-11-14-34-28(39)26(25)27(33)35-23-9-10-24(20(2)17-23)29(40)38-21(3)18-42-19-22(38)4/h9-11,14,17,21-22H,8,12-13,15-16,18-19H2,1-7H3,(H2,33,35)(H2,34,36,39)/p+1/t21-,22+. The molecule has 0 radical (unpaired) electrons. The third-order valence-electron chi connectivity index (χ3n) is 8.32. The highest BCUT2D eigenvalue weighted by molar-refractivity contribution is 5.99. The number of pyridine rings is 1. The van der Waals surface area contributed by atoms with E-state index in [0.717, 1.165) is 12.0 Å². The van der Waals surface area contributed by atoms with E-state index in [-0.39, 0.29) is 41.0 Å². The molecule has 0 unspecified atom stereocenters. The zero-order valence-corrected chi connectivity index (χ0v) is 26.5. The first-order chi connectivity index (χ1) is 20.2. The first-order valence-electron chi connectivity index (χ1n) is 15.1. The summed E-state index contributed by atoms with van der Waals surface area (Å²) in [5, 5.41) is 3.61. The second-order valence-electron chi connectivity index (χ2n) is 12.8. The van der Waals surface area contributed by atoms with Crippen LogP contribution in [0.5, 0.6) is 0 Å². The Morgan fingerprint density at radius 1 is 1.16 bits per heavy atom. The maximum atomic E-state index is 13.4. The number of anilines is 1. The van der Waals surface area contributed by atoms with Gasteiger partial charge >= 0.3 is 6.09 Å². The molecule has 11 nitrogen and oxygen atoms in total. The fourth-order valence-electron chi connectivity index (χ4n) is 5.89. The number of rotatable bonds is 6. The summed E-state index contributed by atoms with van der Waals surface area (Å²) in [6.45, 7) is 15.7. The number of H-pyrrole nitrogens is 1. The summed E-state index contributed by atoms with van der Waals surface area (Å²) in [6, 6.07) is 7.24. The summed E-state index contributed by atoms with van der Waals surface area (Å²) < 4.78 is 11.1. The monoisotopic (exact) mass is 595 g/mol. The van der Waals surface area contributed by atoms with E-state index in [1.807, 2.05) is 52.5 Å². The Morgan fingerprint density at radius 2 is 1.81 bits per heavy atom. The fourth-order valence-corrected chi connectivity index (χ4v) is 5.89. The minimum atomic E-state index is -0.552. The zero-order valence-electron chi connectivity index (χ0n) is 26.5. The van der Waals surface area contributed by atoms with E-state index in [2.05, 4.69) is 22.2 Å². The van der Waals surface area contributed by atoms with Crippen molar-refractivity contribution in [3.05, 3.63) is 57.5 Å². The van der Waals surface area contributed by atoms with Crippen molar-refractivity contribution in [2.24, 2.45) is 5.73 Å². The fraction of sp³-hybridized carbons (Fsp3) is 0.562. The molecule has 1 aromatic carbocycles. The van der Waals surface area contributed by atoms with Gasteiger partial charge in [0.25, 0.3) is 17.3 Å². The van der Waals surface area contributed by atoms with E-state index < -0.39 is 5.60 Å². The average Bonchev–Trinajstić information content (AvgIpc) is 2.92. The summed E-state index contributed by atoms with van der Waals surface area (Å²) >= 11 is 0. The Labute approximate surface area is 253 Å². The molecule has 0 aliphatic carbocycles. The molecule has 2 fully saturated rings. The first-order valence-corrected chi connectivity index (χ1v) is 15.1. The molecule has 0 spiro atoms. The Bertz CT molecular complexity index is 1410. The molecule has 2 aromatic rings. The lowest BCUT2D eigenvalue weighted by molar-refractivity contribution is -0.354. The topological polar surface area (TPSA) is 144 Å². The molecule has 11 heteroatoms. The number of carbonyl (C=O) groups is 2. The van der Waals surface area contributed by atoms with Crippen LogP contribution in [0, 0.1) is 6.92 Å². The molecular weight excluding hydrogens is 548 g/mol. The van der Waals surface area contributed by atoms with Gasteiger partial charge in [0.05, 0.1) is 31.0 Å². The molecular formula is C32H47N6O5+. The molecule has 2 aliphatic rings. The van der Waals surface area contributed by atoms with E-state index in [1.54, 1.807) is 29.3 Å². The van der Waals surface area contributed by atoms with Gasteiger partial charge in [0.2, 0.25) is 0 Å². The highest BCUT2D eigenvalue weighted by Gasteiger charge is 2.37. The molecule has 234 valence electrons. The average molecular weight is 596 g/mol. The van der Waals surface area contributed by atoms with Gasteiger partial charge in [-0.3, -0.25) is 15.3 Å². The molecule has 3 heterocycles. The van der Waals surface area contributed by atoms with Gasteiger partial charge in [-0.2, -0.15) is 0 Å². The highest BCUT2D eigenvalue weighted by atomic mass is 16.6. The number of nitrogen functional groups attached to an aromatic ring is 1. The number of nitrogens with one attached hydrogen (secondary N) is 3. The van der Waals surface area contributed by atoms with Crippen LogP contribution in [0.3, 0.4) is 0 Å². The number of piperidine rings is 1. The molecule has 2 amide bonds. The molecule has 5 N–H and O–H groups in total. The van der Waals surface area contributed by atoms with E-state index in [1.165, 1.54) is 0 Å². The Hall–Kier alpha value is -3.86. The van der Waals surface area contributed by atoms with Crippen LogP contribution in [-0.4, -0.2) is 82.1 Å². The van der Waals surface area contributed by atoms with Crippen LogP contribution < -0.4 is 21.6 Å². The number of nitrogens with two attached hydrogens (primary N) is 1. The molecule has 0 bridgehead atoms. The summed E-state index contributed by atoms with van der Waals surface area (Å²) in [5.41, 5.74) is 8.32. The number of ether oxygens (including phenoxy) is 2.